The molecule has 0 aromatic carbocycles. The first kappa shape index (κ1) is 17.2. The summed E-state index contributed by atoms with van der Waals surface area (Å²) in [6, 6.07) is 0. The summed E-state index contributed by atoms with van der Waals surface area (Å²) in [7, 11) is 0. The number of aromatic amines is 3. The molecule has 1 aliphatic heterocycles. The van der Waals surface area contributed by atoms with Crippen LogP contribution in [0, 0.1) is 6.92 Å². The molecule has 1 fully saturated rings. The lowest BCUT2D eigenvalue weighted by Crippen LogP contribution is -2.40. The predicted octanol–water partition coefficient (Wildman–Crippen LogP) is 0.606. The monoisotopic (exact) mass is 345 g/mol. The molecule has 25 heavy (non-hydrogen) atoms. The van der Waals surface area contributed by atoms with Crippen LogP contribution in [0.25, 0.3) is 0 Å². The van der Waals surface area contributed by atoms with Gasteiger partial charge in [-0.2, -0.15) is 5.10 Å². The summed E-state index contributed by atoms with van der Waals surface area (Å²) in [4.78, 5) is 42.2. The van der Waals surface area contributed by atoms with E-state index in [0.717, 1.165) is 19.3 Å². The van der Waals surface area contributed by atoms with Crippen molar-refractivity contribution >= 4 is 5.91 Å². The topological polar surface area (TPSA) is 115 Å². The summed E-state index contributed by atoms with van der Waals surface area (Å²) in [5, 5.41) is 7.23. The van der Waals surface area contributed by atoms with Crippen molar-refractivity contribution in [3.63, 3.8) is 0 Å². The number of aryl methyl sites for hydroxylation is 2. The number of piperidine rings is 1. The second-order valence-corrected chi connectivity index (χ2v) is 6.51. The van der Waals surface area contributed by atoms with Gasteiger partial charge in [0.05, 0.1) is 12.6 Å². The Morgan fingerprint density at radius 3 is 2.64 bits per heavy atom. The fraction of sp³-hybridized carbons (Fsp3) is 0.529. The van der Waals surface area contributed by atoms with Gasteiger partial charge in [0.15, 0.2) is 0 Å². The summed E-state index contributed by atoms with van der Waals surface area (Å²) >= 11 is 0. The molecule has 1 aliphatic rings. The van der Waals surface area contributed by atoms with Crippen molar-refractivity contribution in [3.8, 4) is 0 Å². The van der Waals surface area contributed by atoms with Crippen LogP contribution in [0.15, 0.2) is 15.8 Å². The highest BCUT2D eigenvalue weighted by Crippen LogP contribution is 2.29. The van der Waals surface area contributed by atoms with Gasteiger partial charge in [-0.25, -0.2) is 4.79 Å². The molecule has 3 heterocycles. The van der Waals surface area contributed by atoms with Crippen LogP contribution in [0.3, 0.4) is 0 Å². The van der Waals surface area contributed by atoms with Crippen LogP contribution in [0.4, 0.5) is 0 Å². The molecule has 134 valence electrons. The molecule has 0 unspecified atom stereocenters. The molecule has 8 nitrogen and oxygen atoms in total. The zero-order valence-corrected chi connectivity index (χ0v) is 14.5. The van der Waals surface area contributed by atoms with E-state index >= 15 is 0 Å². The molecule has 0 atom stereocenters. The number of nitrogens with zero attached hydrogens (tertiary/aromatic N) is 2. The third-order valence-electron chi connectivity index (χ3n) is 4.97. The van der Waals surface area contributed by atoms with E-state index in [1.165, 1.54) is 11.3 Å². The number of carbonyl (C=O) groups is 1. The largest absolute Gasteiger partial charge is 0.342 e. The van der Waals surface area contributed by atoms with Gasteiger partial charge in [0.25, 0.3) is 5.56 Å². The lowest BCUT2D eigenvalue weighted by molar-refractivity contribution is -0.131. The molecule has 3 rings (SSSR count). The second-order valence-electron chi connectivity index (χ2n) is 6.51. The van der Waals surface area contributed by atoms with Gasteiger partial charge in [-0.3, -0.25) is 19.7 Å². The normalized spacial score (nSPS) is 15.5. The molecule has 0 aliphatic carbocycles. The van der Waals surface area contributed by atoms with E-state index in [4.69, 9.17) is 0 Å². The smallest absolute Gasteiger partial charge is 0.325 e. The summed E-state index contributed by atoms with van der Waals surface area (Å²) < 4.78 is 0. The van der Waals surface area contributed by atoms with Crippen molar-refractivity contribution in [1.82, 2.24) is 25.1 Å². The van der Waals surface area contributed by atoms with Gasteiger partial charge in [0.1, 0.15) is 0 Å². The van der Waals surface area contributed by atoms with Gasteiger partial charge in [-0.1, -0.05) is 6.92 Å². The molecular formula is C17H23N5O3. The number of rotatable bonds is 4. The van der Waals surface area contributed by atoms with Gasteiger partial charge in [0.2, 0.25) is 5.91 Å². The maximum atomic E-state index is 12.5. The quantitative estimate of drug-likeness (QED) is 0.753. The van der Waals surface area contributed by atoms with E-state index in [1.807, 2.05) is 6.20 Å². The summed E-state index contributed by atoms with van der Waals surface area (Å²) in [6.45, 7) is 5.06. The number of nitrogens with one attached hydrogen (secondary N) is 3. The Labute approximate surface area is 144 Å². The lowest BCUT2D eigenvalue weighted by atomic mass is 9.90. The van der Waals surface area contributed by atoms with Gasteiger partial charge in [-0.05, 0) is 31.7 Å². The Bertz CT molecular complexity index is 871. The Morgan fingerprint density at radius 1 is 1.28 bits per heavy atom. The van der Waals surface area contributed by atoms with Crippen LogP contribution in [-0.2, 0) is 17.6 Å². The first-order chi connectivity index (χ1) is 12.0. The van der Waals surface area contributed by atoms with Gasteiger partial charge in [-0.15, -0.1) is 0 Å². The SMILES string of the molecule is CCc1cn[nH]c1C1CCN(C(=O)Cc2c(C)[nH]c(=O)[nH]c2=O)CC1. The minimum absolute atomic E-state index is 0.00683. The number of carbonyl (C=O) groups excluding carboxylic acids is 1. The van der Waals surface area contributed by atoms with Crippen molar-refractivity contribution in [2.24, 2.45) is 0 Å². The highest BCUT2D eigenvalue weighted by atomic mass is 16.2. The Balaban J connectivity index is 1.64. The number of hydrogen-bond donors (Lipinski definition) is 3. The molecule has 1 saturated heterocycles. The minimum atomic E-state index is -0.550. The summed E-state index contributed by atoms with van der Waals surface area (Å²) in [5.74, 6) is 0.305. The van der Waals surface area contributed by atoms with E-state index in [1.54, 1.807) is 11.8 Å². The van der Waals surface area contributed by atoms with Gasteiger partial charge >= 0.3 is 5.69 Å². The van der Waals surface area contributed by atoms with Crippen molar-refractivity contribution < 1.29 is 4.79 Å². The molecular weight excluding hydrogens is 322 g/mol. The standard InChI is InChI=1S/C17H23N5O3/c1-3-11-9-18-21-15(11)12-4-6-22(7-5-12)14(23)8-13-10(2)19-17(25)20-16(13)24/h9,12H,3-8H2,1-2H3,(H,18,21)(H2,19,20,24,25). The maximum absolute atomic E-state index is 12.5. The maximum Gasteiger partial charge on any atom is 0.325 e. The van der Waals surface area contributed by atoms with E-state index in [9.17, 15) is 14.4 Å². The molecule has 0 radical (unpaired) electrons. The van der Waals surface area contributed by atoms with E-state index in [2.05, 4.69) is 27.1 Å². The van der Waals surface area contributed by atoms with Crippen LogP contribution in [0.1, 0.15) is 48.2 Å². The van der Waals surface area contributed by atoms with E-state index in [-0.39, 0.29) is 12.3 Å². The fourth-order valence-corrected chi connectivity index (χ4v) is 3.48. The molecule has 0 spiro atoms. The number of likely N-dealkylation sites (tertiary alicyclic amines) is 1. The fourth-order valence-electron chi connectivity index (χ4n) is 3.48. The zero-order valence-electron chi connectivity index (χ0n) is 14.5. The van der Waals surface area contributed by atoms with E-state index in [0.29, 0.717) is 30.3 Å². The third-order valence-corrected chi connectivity index (χ3v) is 4.97. The van der Waals surface area contributed by atoms with E-state index < -0.39 is 11.2 Å². The third kappa shape index (κ3) is 3.57. The highest BCUT2D eigenvalue weighted by Gasteiger charge is 2.26. The minimum Gasteiger partial charge on any atom is -0.342 e. The Morgan fingerprint density at radius 2 is 2.00 bits per heavy atom. The number of H-pyrrole nitrogens is 3. The van der Waals surface area contributed by atoms with Crippen LogP contribution >= 0.6 is 0 Å². The number of amides is 1. The molecule has 2 aromatic heterocycles. The molecule has 1 amide bonds. The second kappa shape index (κ2) is 7.08. The Kier molecular flexibility index (Phi) is 4.87. The molecule has 3 N–H and O–H groups in total. The lowest BCUT2D eigenvalue weighted by Gasteiger charge is -2.32. The van der Waals surface area contributed by atoms with Crippen molar-refractivity contribution in [2.75, 3.05) is 13.1 Å². The van der Waals surface area contributed by atoms with Crippen LogP contribution in [0.2, 0.25) is 0 Å². The Hall–Kier alpha value is -2.64. The molecule has 0 bridgehead atoms. The first-order valence-corrected chi connectivity index (χ1v) is 8.61. The van der Waals surface area contributed by atoms with Crippen molar-refractivity contribution in [2.45, 2.75) is 45.4 Å². The summed E-state index contributed by atoms with van der Waals surface area (Å²) in [6.07, 6.45) is 4.58. The van der Waals surface area contributed by atoms with Crippen LogP contribution in [-0.4, -0.2) is 44.1 Å². The highest BCUT2D eigenvalue weighted by molar-refractivity contribution is 5.79. The van der Waals surface area contributed by atoms with Crippen molar-refractivity contribution in [1.29, 1.82) is 0 Å². The predicted molar refractivity (Wildman–Crippen MR) is 92.6 cm³/mol. The molecule has 2 aromatic rings. The first-order valence-electron chi connectivity index (χ1n) is 8.61. The van der Waals surface area contributed by atoms with Crippen LogP contribution in [0.5, 0.6) is 0 Å². The van der Waals surface area contributed by atoms with Crippen LogP contribution < -0.4 is 11.2 Å². The number of hydrogen-bond acceptors (Lipinski definition) is 4. The van der Waals surface area contributed by atoms with Crippen molar-refractivity contribution in [3.05, 3.63) is 49.5 Å². The molecule has 8 heteroatoms. The van der Waals surface area contributed by atoms with Gasteiger partial charge < -0.3 is 9.88 Å². The average Bonchev–Trinajstić information content (AvgIpc) is 3.06. The zero-order chi connectivity index (χ0) is 18.0. The molecule has 0 saturated carbocycles. The average molecular weight is 345 g/mol. The summed E-state index contributed by atoms with van der Waals surface area (Å²) in [5.41, 5.74) is 2.15. The number of aromatic nitrogens is 4. The van der Waals surface area contributed by atoms with Gasteiger partial charge in [0, 0.05) is 36.0 Å².